The number of nitrogens with zero attached hydrogens (tertiary/aromatic N) is 2. The highest BCUT2D eigenvalue weighted by atomic mass is 16.5. The Hall–Kier alpha value is -2.83. The van der Waals surface area contributed by atoms with E-state index in [0.29, 0.717) is 30.9 Å². The maximum absolute atomic E-state index is 12.2. The highest BCUT2D eigenvalue weighted by Crippen LogP contribution is 2.19. The summed E-state index contributed by atoms with van der Waals surface area (Å²) in [5, 5.41) is 3.89. The number of rotatable bonds is 7. The molecule has 3 rings (SSSR count). The number of amides is 1. The quantitative estimate of drug-likeness (QED) is 0.708. The minimum Gasteiger partial charge on any atom is -0.489 e. The monoisotopic (exact) mass is 358 g/mol. The normalized spacial score (nSPS) is 13.9. The average molecular weight is 358 g/mol. The lowest BCUT2D eigenvalue weighted by Gasteiger charge is -2.15. The summed E-state index contributed by atoms with van der Waals surface area (Å²) in [6.45, 7) is 5.37. The second-order valence-electron chi connectivity index (χ2n) is 6.24. The molecule has 0 atom stereocenters. The molecule has 26 heavy (non-hydrogen) atoms. The molecular weight excluding hydrogens is 336 g/mol. The van der Waals surface area contributed by atoms with Crippen molar-refractivity contribution in [3.63, 3.8) is 0 Å². The molecule has 0 unspecified atom stereocenters. The first kappa shape index (κ1) is 18.0. The maximum atomic E-state index is 12.2. The van der Waals surface area contributed by atoms with E-state index in [0.717, 1.165) is 30.0 Å². The zero-order valence-corrected chi connectivity index (χ0v) is 15.0. The van der Waals surface area contributed by atoms with Gasteiger partial charge in [-0.2, -0.15) is 0 Å². The molecule has 1 aromatic carbocycles. The van der Waals surface area contributed by atoms with Gasteiger partial charge in [-0.15, -0.1) is 0 Å². The fourth-order valence-corrected chi connectivity index (χ4v) is 2.85. The molecule has 0 aliphatic carbocycles. The predicted octanol–water partition coefficient (Wildman–Crippen LogP) is 2.65. The Morgan fingerprint density at radius 3 is 2.88 bits per heavy atom. The van der Waals surface area contributed by atoms with E-state index in [1.165, 1.54) is 0 Å². The molecule has 2 aromatic rings. The number of hydrogen-bond acceptors (Lipinski definition) is 6. The van der Waals surface area contributed by atoms with Crippen molar-refractivity contribution in [2.45, 2.75) is 33.3 Å². The molecule has 0 N–H and O–H groups in total. The summed E-state index contributed by atoms with van der Waals surface area (Å²) in [7, 11) is 0. The van der Waals surface area contributed by atoms with Gasteiger partial charge in [-0.25, -0.2) is 4.79 Å². The second kappa shape index (κ2) is 8.03. The minimum absolute atomic E-state index is 0.121. The number of carbonyl (C=O) groups is 2. The number of aromatic nitrogens is 1. The molecule has 138 valence electrons. The van der Waals surface area contributed by atoms with E-state index in [9.17, 15) is 9.59 Å². The smallest absolute Gasteiger partial charge is 0.338 e. The van der Waals surface area contributed by atoms with Gasteiger partial charge < -0.3 is 18.9 Å². The first-order valence-corrected chi connectivity index (χ1v) is 8.64. The number of benzene rings is 1. The van der Waals surface area contributed by atoms with E-state index in [2.05, 4.69) is 5.16 Å². The number of ether oxygens (including phenoxy) is 2. The zero-order valence-electron chi connectivity index (χ0n) is 15.0. The first-order valence-electron chi connectivity index (χ1n) is 8.64. The Morgan fingerprint density at radius 2 is 2.19 bits per heavy atom. The van der Waals surface area contributed by atoms with Crippen molar-refractivity contribution in [2.24, 2.45) is 0 Å². The number of carbonyl (C=O) groups excluding carboxylic acids is 2. The Bertz CT molecular complexity index is 779. The van der Waals surface area contributed by atoms with Crippen LogP contribution in [0.15, 0.2) is 28.8 Å². The van der Waals surface area contributed by atoms with Crippen LogP contribution in [0.3, 0.4) is 0 Å². The van der Waals surface area contributed by atoms with Gasteiger partial charge in [0.25, 0.3) is 0 Å². The third-order valence-corrected chi connectivity index (χ3v) is 4.40. The minimum atomic E-state index is -0.431. The Balaban J connectivity index is 1.53. The molecule has 2 heterocycles. The van der Waals surface area contributed by atoms with Crippen LogP contribution < -0.4 is 4.74 Å². The van der Waals surface area contributed by atoms with Gasteiger partial charge in [0.2, 0.25) is 5.91 Å². The lowest BCUT2D eigenvalue weighted by atomic mass is 10.2. The Kier molecular flexibility index (Phi) is 5.55. The number of hydrogen-bond donors (Lipinski definition) is 0. The van der Waals surface area contributed by atoms with Crippen LogP contribution >= 0.6 is 0 Å². The highest BCUT2D eigenvalue weighted by Gasteiger charge is 2.20. The molecule has 7 heteroatoms. The van der Waals surface area contributed by atoms with Crippen LogP contribution in [0.4, 0.5) is 0 Å². The lowest BCUT2D eigenvalue weighted by Crippen LogP contribution is -2.29. The molecule has 0 radical (unpaired) electrons. The van der Waals surface area contributed by atoms with E-state index in [-0.39, 0.29) is 12.5 Å². The van der Waals surface area contributed by atoms with Crippen molar-refractivity contribution < 1.29 is 23.6 Å². The molecule has 0 bridgehead atoms. The van der Waals surface area contributed by atoms with Crippen LogP contribution in [0.25, 0.3) is 0 Å². The van der Waals surface area contributed by atoms with Gasteiger partial charge >= 0.3 is 5.97 Å². The Morgan fingerprint density at radius 1 is 1.35 bits per heavy atom. The van der Waals surface area contributed by atoms with Gasteiger partial charge in [0, 0.05) is 13.0 Å². The van der Waals surface area contributed by atoms with E-state index in [4.69, 9.17) is 14.0 Å². The largest absolute Gasteiger partial charge is 0.489 e. The zero-order chi connectivity index (χ0) is 18.5. The van der Waals surface area contributed by atoms with Crippen molar-refractivity contribution in [1.82, 2.24) is 10.1 Å². The molecule has 0 saturated carbocycles. The molecular formula is C19H22N2O5. The fraction of sp³-hybridized carbons (Fsp3) is 0.421. The van der Waals surface area contributed by atoms with E-state index >= 15 is 0 Å². The van der Waals surface area contributed by atoms with Gasteiger partial charge in [-0.05, 0) is 38.5 Å². The molecule has 1 aliphatic heterocycles. The van der Waals surface area contributed by atoms with Gasteiger partial charge in [-0.1, -0.05) is 11.2 Å². The first-order chi connectivity index (χ1) is 12.5. The summed E-state index contributed by atoms with van der Waals surface area (Å²) in [4.78, 5) is 25.4. The van der Waals surface area contributed by atoms with Crippen LogP contribution in [-0.2, 0) is 16.1 Å². The van der Waals surface area contributed by atoms with Crippen molar-refractivity contribution in [1.29, 1.82) is 0 Å². The van der Waals surface area contributed by atoms with Crippen LogP contribution in [0.5, 0.6) is 5.75 Å². The van der Waals surface area contributed by atoms with E-state index < -0.39 is 5.97 Å². The van der Waals surface area contributed by atoms with Crippen molar-refractivity contribution in [2.75, 3.05) is 19.7 Å². The standard InChI is InChI=1S/C19H22N2O5/c1-13-17(14(2)26-20-13)12-25-16-6-3-5-15(11-16)19(23)24-10-9-21-8-4-7-18(21)22/h3,5-6,11H,4,7-10,12H2,1-2H3. The van der Waals surface area contributed by atoms with Crippen LogP contribution in [0, 0.1) is 13.8 Å². The SMILES string of the molecule is Cc1noc(C)c1COc1cccc(C(=O)OCCN2CCCC2=O)c1. The molecule has 1 saturated heterocycles. The number of likely N-dealkylation sites (tertiary alicyclic amines) is 1. The predicted molar refractivity (Wildman–Crippen MR) is 92.8 cm³/mol. The average Bonchev–Trinajstić information content (AvgIpc) is 3.19. The van der Waals surface area contributed by atoms with Crippen LogP contribution in [0.2, 0.25) is 0 Å². The van der Waals surface area contributed by atoms with Crippen molar-refractivity contribution >= 4 is 11.9 Å². The molecule has 0 spiro atoms. The van der Waals surface area contributed by atoms with Gasteiger partial charge in [-0.3, -0.25) is 4.79 Å². The summed E-state index contributed by atoms with van der Waals surface area (Å²) in [5.41, 5.74) is 2.09. The van der Waals surface area contributed by atoms with Crippen LogP contribution in [-0.4, -0.2) is 41.6 Å². The molecule has 1 fully saturated rings. The molecule has 1 amide bonds. The molecule has 7 nitrogen and oxygen atoms in total. The van der Waals surface area contributed by atoms with Gasteiger partial charge in [0.05, 0.1) is 23.4 Å². The summed E-state index contributed by atoms with van der Waals surface area (Å²) < 4.78 is 16.1. The lowest BCUT2D eigenvalue weighted by molar-refractivity contribution is -0.128. The third-order valence-electron chi connectivity index (χ3n) is 4.40. The van der Waals surface area contributed by atoms with E-state index in [1.54, 1.807) is 29.2 Å². The maximum Gasteiger partial charge on any atom is 0.338 e. The second-order valence-corrected chi connectivity index (χ2v) is 6.24. The van der Waals surface area contributed by atoms with Crippen molar-refractivity contribution in [3.8, 4) is 5.75 Å². The molecule has 1 aromatic heterocycles. The van der Waals surface area contributed by atoms with Gasteiger partial charge in [0.1, 0.15) is 24.7 Å². The number of aryl methyl sites for hydroxylation is 2. The van der Waals surface area contributed by atoms with Crippen molar-refractivity contribution in [3.05, 3.63) is 46.8 Å². The number of esters is 1. The fourth-order valence-electron chi connectivity index (χ4n) is 2.85. The third kappa shape index (κ3) is 4.22. The van der Waals surface area contributed by atoms with Gasteiger partial charge in [0.15, 0.2) is 0 Å². The summed E-state index contributed by atoms with van der Waals surface area (Å²) in [6, 6.07) is 6.83. The summed E-state index contributed by atoms with van der Waals surface area (Å²) in [6.07, 6.45) is 1.45. The Labute approximate surface area is 151 Å². The highest BCUT2D eigenvalue weighted by molar-refractivity contribution is 5.89. The topological polar surface area (TPSA) is 81.9 Å². The van der Waals surface area contributed by atoms with Crippen LogP contribution in [0.1, 0.15) is 40.2 Å². The summed E-state index contributed by atoms with van der Waals surface area (Å²) in [5.74, 6) is 0.971. The van der Waals surface area contributed by atoms with E-state index in [1.807, 2.05) is 13.8 Å². The summed E-state index contributed by atoms with van der Waals surface area (Å²) >= 11 is 0. The molecule has 1 aliphatic rings.